The number of carbonyl (C=O) groups is 1. The minimum Gasteiger partial charge on any atom is -0.472 e. The van der Waals surface area contributed by atoms with Gasteiger partial charge in [0.05, 0.1) is 35.0 Å². The van der Waals surface area contributed by atoms with Gasteiger partial charge in [0.15, 0.2) is 0 Å². The van der Waals surface area contributed by atoms with Crippen molar-refractivity contribution in [2.24, 2.45) is 5.92 Å². The number of ether oxygens (including phenoxy) is 1. The summed E-state index contributed by atoms with van der Waals surface area (Å²) in [6, 6.07) is 6.28. The van der Waals surface area contributed by atoms with Crippen LogP contribution in [0.4, 0.5) is 17.6 Å². The van der Waals surface area contributed by atoms with Gasteiger partial charge in [0.25, 0.3) is 5.91 Å². The third-order valence-electron chi connectivity index (χ3n) is 6.93. The van der Waals surface area contributed by atoms with Gasteiger partial charge in [0.2, 0.25) is 11.8 Å². The highest BCUT2D eigenvalue weighted by Gasteiger charge is 2.50. The van der Waals surface area contributed by atoms with Crippen LogP contribution in [0.3, 0.4) is 0 Å². The van der Waals surface area contributed by atoms with Gasteiger partial charge in [-0.2, -0.15) is 13.2 Å². The minimum absolute atomic E-state index is 0.0378. The van der Waals surface area contributed by atoms with Crippen LogP contribution in [0.25, 0.3) is 11.5 Å². The van der Waals surface area contributed by atoms with Crippen LogP contribution in [0.1, 0.15) is 40.7 Å². The van der Waals surface area contributed by atoms with Gasteiger partial charge in [-0.05, 0) is 49.8 Å². The predicted octanol–water partition coefficient (Wildman–Crippen LogP) is 5.47. The van der Waals surface area contributed by atoms with E-state index in [9.17, 15) is 22.4 Å². The molecular formula is C25H23F4N3O3. The Bertz CT molecular complexity index is 1200. The molecule has 2 aromatic heterocycles. The van der Waals surface area contributed by atoms with Crippen LogP contribution in [0.5, 0.6) is 5.88 Å². The topological polar surface area (TPSA) is 68.5 Å². The molecule has 6 nitrogen and oxygen atoms in total. The van der Waals surface area contributed by atoms with Crippen molar-refractivity contribution in [2.75, 3.05) is 6.67 Å². The highest BCUT2D eigenvalue weighted by atomic mass is 19.4. The molecule has 3 aliphatic rings. The summed E-state index contributed by atoms with van der Waals surface area (Å²) in [5.74, 6) is -0.153. The van der Waals surface area contributed by atoms with E-state index in [1.165, 1.54) is 18.5 Å². The van der Waals surface area contributed by atoms with Gasteiger partial charge < -0.3 is 14.1 Å². The molecule has 35 heavy (non-hydrogen) atoms. The van der Waals surface area contributed by atoms with E-state index in [4.69, 9.17) is 9.15 Å². The monoisotopic (exact) mass is 489 g/mol. The number of oxazole rings is 1. The Labute approximate surface area is 198 Å². The van der Waals surface area contributed by atoms with Crippen LogP contribution in [0.15, 0.2) is 53.4 Å². The number of halogens is 4. The molecule has 6 rings (SSSR count). The number of rotatable bonds is 5. The number of pyridine rings is 1. The van der Waals surface area contributed by atoms with Gasteiger partial charge >= 0.3 is 6.18 Å². The van der Waals surface area contributed by atoms with Gasteiger partial charge in [-0.15, -0.1) is 0 Å². The molecule has 1 aliphatic carbocycles. The largest absolute Gasteiger partial charge is 0.472 e. The van der Waals surface area contributed by atoms with Crippen LogP contribution in [-0.2, 0) is 6.18 Å². The maximum absolute atomic E-state index is 14.2. The number of piperidine rings is 2. The number of aromatic nitrogens is 2. The standard InChI is InChI=1S/C25H23F4N3O3/c1-14-3-2-4-17(22(14)23-30-9-10-34-23)24(33)32-18-7-5-15(19(32)12-26)11-20(18)35-21-8-6-16(13-31-21)25(27,28)29/h2-4,6,8-10,13,15,18-20H,5,7,11-12H2,1H3/t15-,18+,19-,20+/m1/s1. The fourth-order valence-corrected chi connectivity index (χ4v) is 5.30. The quantitative estimate of drug-likeness (QED) is 0.445. The summed E-state index contributed by atoms with van der Waals surface area (Å²) in [4.78, 5) is 23.4. The van der Waals surface area contributed by atoms with E-state index in [0.717, 1.165) is 24.2 Å². The van der Waals surface area contributed by atoms with Crippen molar-refractivity contribution in [2.45, 2.75) is 50.6 Å². The van der Waals surface area contributed by atoms with Crippen molar-refractivity contribution in [1.29, 1.82) is 0 Å². The van der Waals surface area contributed by atoms with Gasteiger partial charge in [0.1, 0.15) is 19.0 Å². The van der Waals surface area contributed by atoms with E-state index in [-0.39, 0.29) is 17.7 Å². The van der Waals surface area contributed by atoms with E-state index in [1.807, 2.05) is 13.0 Å². The first-order valence-electron chi connectivity index (χ1n) is 11.4. The third kappa shape index (κ3) is 4.26. The summed E-state index contributed by atoms with van der Waals surface area (Å²) in [6.07, 6.45) is 0.447. The highest BCUT2D eigenvalue weighted by molar-refractivity contribution is 6.01. The summed E-state index contributed by atoms with van der Waals surface area (Å²) in [5, 5.41) is 0. The predicted molar refractivity (Wildman–Crippen MR) is 117 cm³/mol. The normalized spacial score (nSPS) is 24.0. The SMILES string of the molecule is Cc1cccc(C(=O)N2[C@H](CF)[C@@H]3CC[C@H]2[C@@H](Oc2ccc(C(F)(F)F)cn2)C3)c1-c1ncco1. The van der Waals surface area contributed by atoms with Crippen LogP contribution in [0, 0.1) is 12.8 Å². The fourth-order valence-electron chi connectivity index (χ4n) is 5.30. The number of alkyl halides is 4. The molecule has 1 aromatic carbocycles. The number of hydrogen-bond donors (Lipinski definition) is 0. The minimum atomic E-state index is -4.50. The second-order valence-corrected chi connectivity index (χ2v) is 8.95. The second kappa shape index (κ2) is 8.98. The molecule has 3 fully saturated rings. The van der Waals surface area contributed by atoms with Crippen molar-refractivity contribution < 1.29 is 31.5 Å². The molecule has 1 amide bonds. The lowest BCUT2D eigenvalue weighted by Crippen LogP contribution is -2.65. The Morgan fingerprint density at radius 1 is 1.20 bits per heavy atom. The molecule has 184 valence electrons. The van der Waals surface area contributed by atoms with Crippen molar-refractivity contribution in [3.8, 4) is 17.3 Å². The maximum Gasteiger partial charge on any atom is 0.417 e. The summed E-state index contributed by atoms with van der Waals surface area (Å²) < 4.78 is 64.3. The summed E-state index contributed by atoms with van der Waals surface area (Å²) in [6.45, 7) is 1.14. The van der Waals surface area contributed by atoms with Crippen LogP contribution in [0.2, 0.25) is 0 Å². The number of nitrogens with zero attached hydrogens (tertiary/aromatic N) is 3. The summed E-state index contributed by atoms with van der Waals surface area (Å²) in [5.41, 5.74) is 0.815. The van der Waals surface area contributed by atoms with E-state index in [2.05, 4.69) is 9.97 Å². The number of carbonyl (C=O) groups excluding carboxylic acids is 1. The van der Waals surface area contributed by atoms with Crippen molar-refractivity contribution in [1.82, 2.24) is 14.9 Å². The first kappa shape index (κ1) is 23.3. The van der Waals surface area contributed by atoms with Gasteiger partial charge in [-0.3, -0.25) is 4.79 Å². The van der Waals surface area contributed by atoms with Crippen molar-refractivity contribution in [3.63, 3.8) is 0 Å². The Kier molecular flexibility index (Phi) is 5.98. The van der Waals surface area contributed by atoms with E-state index >= 15 is 0 Å². The average Bonchev–Trinajstić information content (AvgIpc) is 3.37. The molecule has 0 N–H and O–H groups in total. The molecule has 4 atom stereocenters. The molecule has 0 spiro atoms. The zero-order valence-electron chi connectivity index (χ0n) is 18.8. The van der Waals surface area contributed by atoms with Crippen LogP contribution in [-0.4, -0.2) is 45.6 Å². The van der Waals surface area contributed by atoms with Gasteiger partial charge in [-0.1, -0.05) is 12.1 Å². The Hall–Kier alpha value is -3.43. The Morgan fingerprint density at radius 3 is 2.69 bits per heavy atom. The molecule has 2 bridgehead atoms. The lowest BCUT2D eigenvalue weighted by atomic mass is 9.72. The smallest absolute Gasteiger partial charge is 0.417 e. The zero-order chi connectivity index (χ0) is 24.7. The first-order chi connectivity index (χ1) is 16.8. The summed E-state index contributed by atoms with van der Waals surface area (Å²) in [7, 11) is 0. The molecule has 0 unspecified atom stereocenters. The first-order valence-corrected chi connectivity index (χ1v) is 11.4. The second-order valence-electron chi connectivity index (χ2n) is 8.95. The van der Waals surface area contributed by atoms with E-state index in [1.54, 1.807) is 17.0 Å². The molecule has 4 heterocycles. The molecule has 2 aliphatic heterocycles. The molecule has 0 radical (unpaired) electrons. The van der Waals surface area contributed by atoms with Crippen LogP contribution < -0.4 is 4.74 Å². The molecule has 3 aromatic rings. The van der Waals surface area contributed by atoms with Crippen molar-refractivity contribution in [3.05, 3.63) is 65.7 Å². The lowest BCUT2D eigenvalue weighted by Gasteiger charge is -2.53. The zero-order valence-corrected chi connectivity index (χ0v) is 18.8. The number of hydrogen-bond acceptors (Lipinski definition) is 5. The molecule has 10 heteroatoms. The summed E-state index contributed by atoms with van der Waals surface area (Å²) >= 11 is 0. The van der Waals surface area contributed by atoms with Crippen LogP contribution >= 0.6 is 0 Å². The number of fused-ring (bicyclic) bond motifs is 3. The molecular weight excluding hydrogens is 466 g/mol. The molecule has 2 saturated heterocycles. The Morgan fingerprint density at radius 2 is 2.03 bits per heavy atom. The number of aryl methyl sites for hydroxylation is 1. The highest BCUT2D eigenvalue weighted by Crippen LogP contribution is 2.43. The maximum atomic E-state index is 14.2. The van der Waals surface area contributed by atoms with E-state index < -0.39 is 36.6 Å². The fraction of sp³-hybridized carbons (Fsp3) is 0.400. The Balaban J connectivity index is 1.45. The van der Waals surface area contributed by atoms with Gasteiger partial charge in [0, 0.05) is 12.3 Å². The van der Waals surface area contributed by atoms with Gasteiger partial charge in [-0.25, -0.2) is 14.4 Å². The lowest BCUT2D eigenvalue weighted by molar-refractivity contribution is -0.137. The third-order valence-corrected chi connectivity index (χ3v) is 6.93. The average molecular weight is 489 g/mol. The van der Waals surface area contributed by atoms with Crippen molar-refractivity contribution >= 4 is 5.91 Å². The number of amides is 1. The number of benzene rings is 1. The van der Waals surface area contributed by atoms with E-state index in [0.29, 0.717) is 29.9 Å². The molecule has 1 saturated carbocycles.